The molecular weight excluding hydrogens is 274 g/mol. The molecule has 2 atom stereocenters. The number of halogens is 1. The van der Waals surface area contributed by atoms with Gasteiger partial charge in [0.25, 0.3) is 0 Å². The maximum atomic E-state index is 6.03. The van der Waals surface area contributed by atoms with Gasteiger partial charge in [0, 0.05) is 23.4 Å². The van der Waals surface area contributed by atoms with Crippen LogP contribution in [0.5, 0.6) is 0 Å². The molecule has 1 heterocycles. The maximum Gasteiger partial charge on any atom is 0.175 e. The fourth-order valence-corrected chi connectivity index (χ4v) is 3.61. The first kappa shape index (κ1) is 14.3. The molecule has 1 aliphatic heterocycles. The van der Waals surface area contributed by atoms with Crippen molar-refractivity contribution < 1.29 is 9.47 Å². The van der Waals surface area contributed by atoms with Gasteiger partial charge in [-0.25, -0.2) is 0 Å². The Balaban J connectivity index is 1.90. The lowest BCUT2D eigenvalue weighted by Crippen LogP contribution is -2.47. The fraction of sp³-hybridized carbons (Fsp3) is 0.625. The van der Waals surface area contributed by atoms with Crippen molar-refractivity contribution in [2.75, 3.05) is 27.3 Å². The van der Waals surface area contributed by atoms with Gasteiger partial charge in [-0.15, -0.1) is 0 Å². The van der Waals surface area contributed by atoms with E-state index in [0.29, 0.717) is 19.3 Å². The van der Waals surface area contributed by atoms with Gasteiger partial charge >= 0.3 is 0 Å². The Labute approximate surface area is 125 Å². The van der Waals surface area contributed by atoms with Gasteiger partial charge in [0.1, 0.15) is 0 Å². The summed E-state index contributed by atoms with van der Waals surface area (Å²) in [4.78, 5) is 2.31. The van der Waals surface area contributed by atoms with E-state index < -0.39 is 5.79 Å². The summed E-state index contributed by atoms with van der Waals surface area (Å²) in [6.07, 6.45) is 3.15. The smallest absolute Gasteiger partial charge is 0.175 e. The predicted octanol–water partition coefficient (Wildman–Crippen LogP) is 3.28. The highest BCUT2D eigenvalue weighted by Crippen LogP contribution is 2.47. The minimum atomic E-state index is -0.416. The second kappa shape index (κ2) is 5.64. The van der Waals surface area contributed by atoms with Crippen LogP contribution in [0.15, 0.2) is 24.3 Å². The SMILES string of the molecule is CN(C)C1CCC2(OCCO2)C(c2ccc(Cl)cc2)C1. The van der Waals surface area contributed by atoms with Gasteiger partial charge < -0.3 is 14.4 Å². The van der Waals surface area contributed by atoms with E-state index in [0.717, 1.165) is 24.3 Å². The lowest BCUT2D eigenvalue weighted by atomic mass is 9.76. The third-order valence-electron chi connectivity index (χ3n) is 4.64. The molecule has 0 bridgehead atoms. The Kier molecular flexibility index (Phi) is 4.04. The van der Waals surface area contributed by atoms with Gasteiger partial charge in [-0.1, -0.05) is 23.7 Å². The molecule has 1 aromatic carbocycles. The summed E-state index contributed by atoms with van der Waals surface area (Å²) in [6.45, 7) is 1.41. The van der Waals surface area contributed by atoms with Crippen molar-refractivity contribution >= 4 is 11.6 Å². The number of hydrogen-bond acceptors (Lipinski definition) is 3. The molecule has 0 aromatic heterocycles. The Hall–Kier alpha value is -0.610. The zero-order valence-electron chi connectivity index (χ0n) is 12.1. The van der Waals surface area contributed by atoms with Crippen LogP contribution in [-0.2, 0) is 9.47 Å². The topological polar surface area (TPSA) is 21.7 Å². The van der Waals surface area contributed by atoms with Crippen molar-refractivity contribution in [3.05, 3.63) is 34.9 Å². The molecule has 2 fully saturated rings. The lowest BCUT2D eigenvalue weighted by Gasteiger charge is -2.44. The highest BCUT2D eigenvalue weighted by atomic mass is 35.5. The van der Waals surface area contributed by atoms with Gasteiger partial charge in [-0.2, -0.15) is 0 Å². The Morgan fingerprint density at radius 3 is 2.40 bits per heavy atom. The Morgan fingerprint density at radius 2 is 1.80 bits per heavy atom. The molecule has 1 saturated carbocycles. The number of ether oxygens (including phenoxy) is 2. The Morgan fingerprint density at radius 1 is 1.15 bits per heavy atom. The molecule has 4 heteroatoms. The van der Waals surface area contributed by atoms with Gasteiger partial charge in [0.2, 0.25) is 0 Å². The lowest BCUT2D eigenvalue weighted by molar-refractivity contribution is -0.197. The van der Waals surface area contributed by atoms with E-state index in [-0.39, 0.29) is 5.92 Å². The molecule has 3 nitrogen and oxygen atoms in total. The van der Waals surface area contributed by atoms with Crippen LogP contribution in [-0.4, -0.2) is 44.0 Å². The Bertz CT molecular complexity index is 454. The first-order chi connectivity index (χ1) is 9.61. The van der Waals surface area contributed by atoms with E-state index in [4.69, 9.17) is 21.1 Å². The number of nitrogens with zero attached hydrogens (tertiary/aromatic N) is 1. The van der Waals surface area contributed by atoms with Crippen LogP contribution in [0.2, 0.25) is 5.02 Å². The molecule has 0 amide bonds. The molecule has 3 rings (SSSR count). The van der Waals surface area contributed by atoms with E-state index in [1.165, 1.54) is 5.56 Å². The number of rotatable bonds is 2. The van der Waals surface area contributed by atoms with Crippen LogP contribution < -0.4 is 0 Å². The zero-order valence-corrected chi connectivity index (χ0v) is 12.9. The molecule has 1 aliphatic carbocycles. The van der Waals surface area contributed by atoms with Crippen molar-refractivity contribution in [3.63, 3.8) is 0 Å². The molecule has 1 spiro atoms. The van der Waals surface area contributed by atoms with E-state index in [2.05, 4.69) is 31.1 Å². The van der Waals surface area contributed by atoms with Crippen LogP contribution in [0.4, 0.5) is 0 Å². The second-order valence-electron chi connectivity index (χ2n) is 6.00. The molecule has 2 unspecified atom stereocenters. The molecule has 20 heavy (non-hydrogen) atoms. The molecule has 0 N–H and O–H groups in total. The molecule has 1 aromatic rings. The van der Waals surface area contributed by atoms with Crippen molar-refractivity contribution in [1.82, 2.24) is 4.90 Å². The van der Waals surface area contributed by atoms with Crippen LogP contribution >= 0.6 is 11.6 Å². The summed E-state index contributed by atoms with van der Waals surface area (Å²) < 4.78 is 12.1. The van der Waals surface area contributed by atoms with Gasteiger partial charge in [-0.3, -0.25) is 0 Å². The summed E-state index contributed by atoms with van der Waals surface area (Å²) in [5, 5.41) is 0.774. The van der Waals surface area contributed by atoms with Crippen molar-refractivity contribution in [2.24, 2.45) is 0 Å². The maximum absolute atomic E-state index is 6.03. The van der Waals surface area contributed by atoms with Gasteiger partial charge in [0.05, 0.1) is 13.2 Å². The first-order valence-corrected chi connectivity index (χ1v) is 7.68. The monoisotopic (exact) mass is 295 g/mol. The van der Waals surface area contributed by atoms with E-state index in [9.17, 15) is 0 Å². The van der Waals surface area contributed by atoms with E-state index in [1.807, 2.05) is 12.1 Å². The molecule has 1 saturated heterocycles. The van der Waals surface area contributed by atoms with Crippen LogP contribution in [0, 0.1) is 0 Å². The number of benzene rings is 1. The second-order valence-corrected chi connectivity index (χ2v) is 6.44. The molecular formula is C16H22ClNO2. The van der Waals surface area contributed by atoms with Crippen molar-refractivity contribution in [1.29, 1.82) is 0 Å². The fourth-order valence-electron chi connectivity index (χ4n) is 3.48. The van der Waals surface area contributed by atoms with Crippen LogP contribution in [0.25, 0.3) is 0 Å². The first-order valence-electron chi connectivity index (χ1n) is 7.30. The van der Waals surface area contributed by atoms with E-state index in [1.54, 1.807) is 0 Å². The molecule has 110 valence electrons. The third kappa shape index (κ3) is 2.60. The summed E-state index contributed by atoms with van der Waals surface area (Å²) in [7, 11) is 4.30. The minimum absolute atomic E-state index is 0.281. The summed E-state index contributed by atoms with van der Waals surface area (Å²) in [5.74, 6) is -0.135. The average molecular weight is 296 g/mol. The van der Waals surface area contributed by atoms with Gasteiger partial charge in [0.15, 0.2) is 5.79 Å². The summed E-state index contributed by atoms with van der Waals surface area (Å²) >= 11 is 6.01. The van der Waals surface area contributed by atoms with Crippen molar-refractivity contribution in [2.45, 2.75) is 37.0 Å². The summed E-state index contributed by atoms with van der Waals surface area (Å²) in [5.41, 5.74) is 1.27. The highest BCUT2D eigenvalue weighted by Gasteiger charge is 2.49. The normalized spacial score (nSPS) is 29.2. The van der Waals surface area contributed by atoms with Crippen molar-refractivity contribution in [3.8, 4) is 0 Å². The third-order valence-corrected chi connectivity index (χ3v) is 4.90. The van der Waals surface area contributed by atoms with Crippen LogP contribution in [0.1, 0.15) is 30.7 Å². The minimum Gasteiger partial charge on any atom is -0.347 e. The van der Waals surface area contributed by atoms with Gasteiger partial charge in [-0.05, 0) is 44.6 Å². The largest absolute Gasteiger partial charge is 0.347 e. The highest BCUT2D eigenvalue weighted by molar-refractivity contribution is 6.30. The predicted molar refractivity (Wildman–Crippen MR) is 80.2 cm³/mol. The molecule has 2 aliphatic rings. The molecule has 0 radical (unpaired) electrons. The van der Waals surface area contributed by atoms with Crippen LogP contribution in [0.3, 0.4) is 0 Å². The standard InChI is InChI=1S/C16H22ClNO2/c1-18(2)14-7-8-16(19-9-10-20-16)15(11-14)12-3-5-13(17)6-4-12/h3-6,14-15H,7-11H2,1-2H3. The average Bonchev–Trinajstić information content (AvgIpc) is 2.89. The quantitative estimate of drug-likeness (QED) is 0.836. The summed E-state index contributed by atoms with van der Waals surface area (Å²) in [6, 6.07) is 8.71. The number of hydrogen-bond donors (Lipinski definition) is 0. The zero-order chi connectivity index (χ0) is 14.2. The van der Waals surface area contributed by atoms with E-state index >= 15 is 0 Å².